The summed E-state index contributed by atoms with van der Waals surface area (Å²) in [5.41, 5.74) is 1.45. The fraction of sp³-hybridized carbons (Fsp3) is 0.417. The van der Waals surface area contributed by atoms with Gasteiger partial charge in [-0.05, 0) is 31.4 Å². The summed E-state index contributed by atoms with van der Waals surface area (Å²) < 4.78 is 0. The van der Waals surface area contributed by atoms with Gasteiger partial charge in [0.1, 0.15) is 5.75 Å². The number of hydrogen-bond acceptors (Lipinski definition) is 2. The first-order valence-corrected chi connectivity index (χ1v) is 6.41. The van der Waals surface area contributed by atoms with Gasteiger partial charge >= 0.3 is 0 Å². The van der Waals surface area contributed by atoms with E-state index in [1.54, 1.807) is 18.2 Å². The smallest absolute Gasteiger partial charge is 0.224 e. The Balaban J connectivity index is 2.46. The zero-order valence-electron chi connectivity index (χ0n) is 9.29. The first-order valence-electron chi connectivity index (χ1n) is 5.29. The summed E-state index contributed by atoms with van der Waals surface area (Å²) in [6, 6.07) is 5.14. The van der Waals surface area contributed by atoms with Gasteiger partial charge in [0, 0.05) is 23.5 Å². The van der Waals surface area contributed by atoms with Gasteiger partial charge in [0.25, 0.3) is 0 Å². The van der Waals surface area contributed by atoms with E-state index in [4.69, 9.17) is 0 Å². The van der Waals surface area contributed by atoms with Crippen molar-refractivity contribution in [1.82, 2.24) is 0 Å². The van der Waals surface area contributed by atoms with Crippen LogP contribution in [0.15, 0.2) is 18.2 Å². The highest BCUT2D eigenvalue weighted by molar-refractivity contribution is 9.09. The number of unbranched alkanes of at least 4 members (excludes halogenated alkanes) is 1. The molecule has 0 saturated carbocycles. The van der Waals surface area contributed by atoms with Crippen LogP contribution in [0.25, 0.3) is 0 Å². The molecule has 0 saturated heterocycles. The average molecular weight is 286 g/mol. The first-order chi connectivity index (χ1) is 7.63. The van der Waals surface area contributed by atoms with Crippen molar-refractivity contribution in [2.75, 3.05) is 10.6 Å². The largest absolute Gasteiger partial charge is 0.508 e. The summed E-state index contributed by atoms with van der Waals surface area (Å²) in [6.45, 7) is 1.82. The van der Waals surface area contributed by atoms with Crippen molar-refractivity contribution in [3.8, 4) is 5.75 Å². The van der Waals surface area contributed by atoms with Gasteiger partial charge in [-0.15, -0.1) is 0 Å². The second kappa shape index (κ2) is 6.53. The van der Waals surface area contributed by atoms with E-state index in [1.807, 2.05) is 6.92 Å². The molecule has 3 nitrogen and oxygen atoms in total. The number of carbonyl (C=O) groups is 1. The normalized spacial score (nSPS) is 10.1. The highest BCUT2D eigenvalue weighted by Gasteiger charge is 2.03. The lowest BCUT2D eigenvalue weighted by atomic mass is 10.2. The molecule has 0 fully saturated rings. The molecular formula is C12H16BrNO2. The fourth-order valence-corrected chi connectivity index (χ4v) is 1.69. The Bertz CT molecular complexity index is 366. The number of halogens is 1. The van der Waals surface area contributed by atoms with Crippen LogP contribution in [0.1, 0.15) is 24.8 Å². The van der Waals surface area contributed by atoms with E-state index in [9.17, 15) is 9.90 Å². The van der Waals surface area contributed by atoms with Crippen LogP contribution in [0.2, 0.25) is 0 Å². The van der Waals surface area contributed by atoms with Gasteiger partial charge in [0.05, 0.1) is 0 Å². The summed E-state index contributed by atoms with van der Waals surface area (Å²) in [4.78, 5) is 11.5. The van der Waals surface area contributed by atoms with Crippen LogP contribution in [0, 0.1) is 6.92 Å². The third-order valence-corrected chi connectivity index (χ3v) is 2.84. The predicted octanol–water partition coefficient (Wildman–Crippen LogP) is 3.20. The minimum atomic E-state index is -0.01000. The Labute approximate surface area is 104 Å². The molecule has 1 aromatic rings. The number of aromatic hydroxyl groups is 1. The van der Waals surface area contributed by atoms with Crippen molar-refractivity contribution >= 4 is 27.5 Å². The Hall–Kier alpha value is -1.03. The fourth-order valence-electron chi connectivity index (χ4n) is 1.29. The molecule has 0 aliphatic heterocycles. The number of phenolic OH excluding ortho intramolecular Hbond substituents is 1. The predicted molar refractivity (Wildman–Crippen MR) is 69.1 cm³/mol. The lowest BCUT2D eigenvalue weighted by molar-refractivity contribution is -0.116. The molecule has 1 aromatic carbocycles. The number of amides is 1. The van der Waals surface area contributed by atoms with Crippen LogP contribution in [-0.4, -0.2) is 16.3 Å². The molecule has 0 bridgehead atoms. The van der Waals surface area contributed by atoms with Crippen LogP contribution in [0.4, 0.5) is 5.69 Å². The van der Waals surface area contributed by atoms with Crippen LogP contribution < -0.4 is 5.32 Å². The molecule has 0 aliphatic rings. The summed E-state index contributed by atoms with van der Waals surface area (Å²) in [5, 5.41) is 13.1. The molecule has 0 aromatic heterocycles. The number of benzene rings is 1. The van der Waals surface area contributed by atoms with Gasteiger partial charge in [-0.25, -0.2) is 0 Å². The van der Waals surface area contributed by atoms with Crippen molar-refractivity contribution in [3.63, 3.8) is 0 Å². The van der Waals surface area contributed by atoms with Crippen molar-refractivity contribution in [2.24, 2.45) is 0 Å². The number of hydrogen-bond donors (Lipinski definition) is 2. The molecule has 0 spiro atoms. The minimum Gasteiger partial charge on any atom is -0.508 e. The number of rotatable bonds is 5. The Morgan fingerprint density at radius 3 is 2.81 bits per heavy atom. The van der Waals surface area contributed by atoms with Crippen LogP contribution >= 0.6 is 15.9 Å². The Morgan fingerprint density at radius 2 is 2.19 bits per heavy atom. The number of anilines is 1. The third kappa shape index (κ3) is 4.23. The highest BCUT2D eigenvalue weighted by atomic mass is 79.9. The van der Waals surface area contributed by atoms with Gasteiger partial charge in [0.2, 0.25) is 5.91 Å². The monoisotopic (exact) mass is 285 g/mol. The van der Waals surface area contributed by atoms with E-state index >= 15 is 0 Å². The summed E-state index contributed by atoms with van der Waals surface area (Å²) in [5.74, 6) is 0.197. The number of aryl methyl sites for hydroxylation is 1. The maximum atomic E-state index is 11.5. The molecular weight excluding hydrogens is 270 g/mol. The molecule has 0 atom stereocenters. The maximum Gasteiger partial charge on any atom is 0.224 e. The number of nitrogens with one attached hydrogen (secondary N) is 1. The summed E-state index contributed by atoms with van der Waals surface area (Å²) in [7, 11) is 0. The average Bonchev–Trinajstić information content (AvgIpc) is 2.24. The standard InChI is InChI=1S/C12H16BrNO2/c1-9-5-6-10(8-11(9)15)14-12(16)4-2-3-7-13/h5-6,8,15H,2-4,7H2,1H3,(H,14,16). The maximum absolute atomic E-state index is 11.5. The molecule has 0 radical (unpaired) electrons. The van der Waals surface area contributed by atoms with Crippen LogP contribution in [0.5, 0.6) is 5.75 Å². The number of alkyl halides is 1. The van der Waals surface area contributed by atoms with Gasteiger partial charge < -0.3 is 10.4 Å². The number of phenols is 1. The minimum absolute atomic E-state index is 0.01000. The van der Waals surface area contributed by atoms with Crippen LogP contribution in [0.3, 0.4) is 0 Å². The Kier molecular flexibility index (Phi) is 5.32. The van der Waals surface area contributed by atoms with E-state index in [1.165, 1.54) is 0 Å². The highest BCUT2D eigenvalue weighted by Crippen LogP contribution is 2.20. The summed E-state index contributed by atoms with van der Waals surface area (Å²) >= 11 is 3.32. The molecule has 16 heavy (non-hydrogen) atoms. The molecule has 1 amide bonds. The second-order valence-corrected chi connectivity index (χ2v) is 4.49. The third-order valence-electron chi connectivity index (χ3n) is 2.28. The van der Waals surface area contributed by atoms with Crippen LogP contribution in [-0.2, 0) is 4.79 Å². The van der Waals surface area contributed by atoms with Gasteiger partial charge in [-0.2, -0.15) is 0 Å². The molecule has 1 rings (SSSR count). The topological polar surface area (TPSA) is 49.3 Å². The molecule has 0 unspecified atom stereocenters. The van der Waals surface area contributed by atoms with Crippen molar-refractivity contribution < 1.29 is 9.90 Å². The quantitative estimate of drug-likeness (QED) is 0.645. The van der Waals surface area contributed by atoms with Crippen molar-refractivity contribution in [3.05, 3.63) is 23.8 Å². The lowest BCUT2D eigenvalue weighted by Crippen LogP contribution is -2.11. The van der Waals surface area contributed by atoms with E-state index in [2.05, 4.69) is 21.2 Å². The van der Waals surface area contributed by atoms with E-state index in [0.717, 1.165) is 23.7 Å². The first kappa shape index (κ1) is 13.0. The molecule has 0 heterocycles. The number of carbonyl (C=O) groups excluding carboxylic acids is 1. The molecule has 0 aliphatic carbocycles. The van der Waals surface area contributed by atoms with Crippen molar-refractivity contribution in [1.29, 1.82) is 0 Å². The van der Waals surface area contributed by atoms with E-state index < -0.39 is 0 Å². The van der Waals surface area contributed by atoms with Gasteiger partial charge in [0.15, 0.2) is 0 Å². The molecule has 2 N–H and O–H groups in total. The summed E-state index contributed by atoms with van der Waals surface area (Å²) in [6.07, 6.45) is 2.38. The molecule has 4 heteroatoms. The second-order valence-electron chi connectivity index (χ2n) is 3.70. The zero-order chi connectivity index (χ0) is 12.0. The Morgan fingerprint density at radius 1 is 1.44 bits per heavy atom. The SMILES string of the molecule is Cc1ccc(NC(=O)CCCCBr)cc1O. The van der Waals surface area contributed by atoms with Gasteiger partial charge in [-0.3, -0.25) is 4.79 Å². The van der Waals surface area contributed by atoms with E-state index in [0.29, 0.717) is 12.1 Å². The zero-order valence-corrected chi connectivity index (χ0v) is 10.9. The molecule has 88 valence electrons. The van der Waals surface area contributed by atoms with Gasteiger partial charge in [-0.1, -0.05) is 22.0 Å². The lowest BCUT2D eigenvalue weighted by Gasteiger charge is -2.06. The van der Waals surface area contributed by atoms with Crippen molar-refractivity contribution in [2.45, 2.75) is 26.2 Å². The van der Waals surface area contributed by atoms with E-state index in [-0.39, 0.29) is 11.7 Å².